The van der Waals surface area contributed by atoms with Gasteiger partial charge in [-0.3, -0.25) is 67.0 Å². The number of amides is 3. The second-order valence-corrected chi connectivity index (χ2v) is 39.7. The molecule has 13 N–H and O–H groups in total. The summed E-state index contributed by atoms with van der Waals surface area (Å²) in [7, 11) is 3.15. The SMILES string of the molecule is C.CNC(CCC(=O)O)C(=O)NC(CCCCN)C(C)=O.CNC(CCC(=O)O)C(=O)NC(CCCCNC(=O)Oc1ccc2c3c1OC1C(=O)CC[C@@]4(O)[C@@H](C2)N(CC2CC2)CC[C@]314)C(C)=O.O=C(n1ccnc1)n1ccnc1.O=C1CC[C@@]2(O)[C@H]3Cc4ccc(O)c5c4[C@@]2(CCN3CC2CC2)C1O5.O=C1CC[C@@]2(O)[C@H]3Cc4ccc(OC(=O)n5ccnc5)c5c4[C@@]2(CCN3CC2CC2)C1O5. The number of unbranched alkanes of at least 4 members (excludes halogenated alkanes) is 2. The molecule has 3 aromatic carbocycles. The lowest BCUT2D eigenvalue weighted by atomic mass is 9.49. The maximum Gasteiger partial charge on any atom is 0.424 e. The molecule has 137 heavy (non-hydrogen) atoms. The van der Waals surface area contributed by atoms with E-state index in [9.17, 15) is 78.0 Å². The van der Waals surface area contributed by atoms with Crippen LogP contribution in [0.5, 0.6) is 34.5 Å². The smallest absolute Gasteiger partial charge is 0.424 e. The number of Topliss-reactive ketones (excluding diaryl/α,β-unsaturated/α-hetero) is 5. The lowest BCUT2D eigenvalue weighted by molar-refractivity contribution is -0.188. The molecule has 15 aliphatic rings. The van der Waals surface area contributed by atoms with Gasteiger partial charge in [-0.25, -0.2) is 33.9 Å². The van der Waals surface area contributed by atoms with Crippen LogP contribution in [-0.2, 0) is 78.7 Å². The molecule has 38 heteroatoms. The number of hydrogen-bond acceptors (Lipinski definition) is 30. The summed E-state index contributed by atoms with van der Waals surface area (Å²) in [5.74, 6) is 1.09. The van der Waals surface area contributed by atoms with Crippen LogP contribution in [0.25, 0.3) is 0 Å². The number of aliphatic carboxylic acids is 2. The summed E-state index contributed by atoms with van der Waals surface area (Å²) < 4.78 is 34.1. The molecule has 16 atom stereocenters. The maximum atomic E-state index is 13.3. The van der Waals surface area contributed by atoms with E-state index in [2.05, 4.69) is 56.2 Å². The molecule has 6 saturated carbocycles. The quantitative estimate of drug-likeness (QED) is 0.0220. The fourth-order valence-electron chi connectivity index (χ4n) is 24.3. The highest BCUT2D eigenvalue weighted by Gasteiger charge is 2.77. The van der Waals surface area contributed by atoms with Crippen LogP contribution in [0.15, 0.2) is 92.6 Å². The third-order valence-electron chi connectivity index (χ3n) is 31.6. The average molecular weight is 1900 g/mol. The van der Waals surface area contributed by atoms with E-state index in [4.69, 9.17) is 39.6 Å². The summed E-state index contributed by atoms with van der Waals surface area (Å²) >= 11 is 0. The van der Waals surface area contributed by atoms with E-state index in [1.165, 1.54) is 97.4 Å². The van der Waals surface area contributed by atoms with Crippen molar-refractivity contribution in [3.63, 3.8) is 0 Å². The third-order valence-corrected chi connectivity index (χ3v) is 31.6. The predicted molar refractivity (Wildman–Crippen MR) is 493 cm³/mol. The molecule has 9 heterocycles. The van der Waals surface area contributed by atoms with Gasteiger partial charge in [0.1, 0.15) is 19.0 Å². The van der Waals surface area contributed by atoms with Crippen LogP contribution < -0.4 is 56.0 Å². The molecule has 3 aromatic heterocycles. The molecule has 6 aromatic rings. The Kier molecular flexibility index (Phi) is 29.1. The number of carbonyl (C=O) groups is 12. The Balaban J connectivity index is 0.000000132. The second kappa shape index (κ2) is 40.3. The Morgan fingerprint density at radius 1 is 0.489 bits per heavy atom. The standard InChI is InChI=1S/C34H46N4O9.C24H25N3O5.C20H23NO4.C13H25N3O4.C7H6N4O.CH4/c1-19(39)22(37-31(43)23(35-2)9-11-27(41)42)5-3-4-15-36-32(44)46-25-10-8-21-17-26-34(45)13-12-24(40)30-33(34,28(21)29(25)47-30)14-16-38(26)18-20-6-7-20;28-16-5-6-24(30)18-11-15-3-4-17(31-22(29)27-10-8-25-13-27)20-19(15)23(24,21(16)32-20)7-9-26(18)12-14-1-2-14;22-13-4-3-12-9-15-20(24)6-5-14(23)18-19(20,16(12)17(13)25-18)7-8-21(15)10-11-1-2-11;1-9(17)10(5-3-4-8-14)16-13(20)11(15-2)6-7-12(18)19;12-7(10-3-1-8-5-10)11-4-2-9-6-11;/h8,10,20,22-23,26,30,35,45H,3-7,9,11-18H2,1-2H3,(H,36,44)(H,37,43)(H,41,42);3-4,8,10,13-14,18,21,30H,1-2,5-7,9,11-12H2;3-4,11,15,18,22,24H,1-2,5-10H2;10-11,15H,3-8,14H2,1-2H3,(H,16,20)(H,18,19);1-6H;1H4/t22?,23?,26-,30?,33+,34-;18-,21?,23+,24-;15-,18?,19+,20-;;;/m111.../s1. The second-order valence-electron chi connectivity index (χ2n) is 39.7. The van der Waals surface area contributed by atoms with Crippen LogP contribution in [0.1, 0.15) is 215 Å². The number of nitrogens with one attached hydrogen (secondary N) is 5. The molecular weight excluding hydrogens is 1770 g/mol. The summed E-state index contributed by atoms with van der Waals surface area (Å²) in [5, 5.41) is 78.2. The molecule has 3 saturated heterocycles. The van der Waals surface area contributed by atoms with Crippen molar-refractivity contribution in [3.05, 3.63) is 126 Å². The van der Waals surface area contributed by atoms with Gasteiger partial charge in [-0.1, -0.05) is 25.6 Å². The van der Waals surface area contributed by atoms with Crippen molar-refractivity contribution in [1.82, 2.24) is 69.9 Å². The molecule has 3 spiro atoms. The zero-order chi connectivity index (χ0) is 96.1. The average Bonchev–Trinajstić information content (AvgIpc) is 1.56. The van der Waals surface area contributed by atoms with Crippen LogP contribution in [-0.4, -0.2) is 289 Å². The molecule has 738 valence electrons. The molecule has 6 aliphatic heterocycles. The lowest BCUT2D eigenvalue weighted by Gasteiger charge is -2.62. The zero-order valence-electron chi connectivity index (χ0n) is 77.3. The van der Waals surface area contributed by atoms with Gasteiger partial charge in [-0.05, 0) is 254 Å². The number of phenolic OH excluding ortho intramolecular Hbond substituents is 1. The maximum absolute atomic E-state index is 13.3. The van der Waals surface area contributed by atoms with Crippen molar-refractivity contribution in [2.75, 3.05) is 66.5 Å². The number of nitrogens with zero attached hydrogens (tertiary/aromatic N) is 9. The minimum atomic E-state index is -1.10. The van der Waals surface area contributed by atoms with E-state index in [0.29, 0.717) is 119 Å². The van der Waals surface area contributed by atoms with Crippen molar-refractivity contribution in [1.29, 1.82) is 0 Å². The third kappa shape index (κ3) is 18.6. The number of likely N-dealkylation sites (tertiary alicyclic amines) is 3. The fourth-order valence-corrected chi connectivity index (χ4v) is 24.3. The number of likely N-dealkylation sites (N-methyl/N-ethyl adjacent to an activating group) is 2. The zero-order valence-corrected chi connectivity index (χ0v) is 77.3. The number of nitrogens with two attached hydrogens (primary N) is 1. The van der Waals surface area contributed by atoms with Gasteiger partial charge in [0.25, 0.3) is 0 Å². The summed E-state index contributed by atoms with van der Waals surface area (Å²) in [5.41, 5.74) is 5.95. The Hall–Kier alpha value is -11.2. The van der Waals surface area contributed by atoms with Gasteiger partial charge >= 0.3 is 30.2 Å². The van der Waals surface area contributed by atoms with Crippen molar-refractivity contribution in [2.45, 2.75) is 295 Å². The highest BCUT2D eigenvalue weighted by atomic mass is 16.6. The van der Waals surface area contributed by atoms with Crippen LogP contribution >= 0.6 is 0 Å². The van der Waals surface area contributed by atoms with Gasteiger partial charge in [-0.15, -0.1) is 0 Å². The van der Waals surface area contributed by atoms with Crippen molar-refractivity contribution in [3.8, 4) is 34.5 Å². The van der Waals surface area contributed by atoms with E-state index in [0.717, 1.165) is 110 Å². The number of benzene rings is 3. The fraction of sp³-hybridized carbons (Fsp3) is 0.606. The topological polar surface area (TPSA) is 522 Å². The summed E-state index contributed by atoms with van der Waals surface area (Å²) in [6.07, 6.45) is 27.7. The van der Waals surface area contributed by atoms with E-state index in [1.807, 2.05) is 18.2 Å². The number of rotatable bonds is 31. The van der Waals surface area contributed by atoms with Crippen LogP contribution in [0, 0.1) is 17.8 Å². The Labute approximate surface area is 793 Å². The molecule has 3 amide bonds. The molecule has 0 radical (unpaired) electrons. The minimum Gasteiger partial charge on any atom is -0.504 e. The number of aromatic nitrogens is 6. The van der Waals surface area contributed by atoms with Gasteiger partial charge < -0.3 is 86.6 Å². The molecule has 9 fully saturated rings. The first-order valence-electron chi connectivity index (χ1n) is 48.3. The van der Waals surface area contributed by atoms with Gasteiger partial charge in [0, 0.05) is 130 Å². The number of ether oxygens (including phenoxy) is 5. The largest absolute Gasteiger partial charge is 0.504 e. The predicted octanol–water partition coefficient (Wildman–Crippen LogP) is 6.07. The summed E-state index contributed by atoms with van der Waals surface area (Å²) in [6, 6.07) is 8.20. The number of carbonyl (C=O) groups excluding carboxylic acids is 10. The van der Waals surface area contributed by atoms with Gasteiger partial charge in [-0.2, -0.15) is 0 Å². The van der Waals surface area contributed by atoms with Gasteiger partial charge in [0.2, 0.25) is 11.8 Å². The van der Waals surface area contributed by atoms with Crippen molar-refractivity contribution in [2.24, 2.45) is 23.5 Å². The number of ketones is 5. The van der Waals surface area contributed by atoms with Crippen molar-refractivity contribution < 1.29 is 112 Å². The Morgan fingerprint density at radius 2 is 0.861 bits per heavy atom. The van der Waals surface area contributed by atoms with Gasteiger partial charge in [0.15, 0.2) is 81.7 Å². The highest BCUT2D eigenvalue weighted by Crippen LogP contribution is 2.69. The lowest BCUT2D eigenvalue weighted by Crippen LogP contribution is -2.76. The number of carboxylic acid groups (broad SMARTS) is 2. The number of aliphatic hydroxyl groups is 3. The first kappa shape index (κ1) is 98.8. The van der Waals surface area contributed by atoms with E-state index in [1.54, 1.807) is 57.1 Å². The Morgan fingerprint density at radius 3 is 1.23 bits per heavy atom. The van der Waals surface area contributed by atoms with Crippen molar-refractivity contribution >= 4 is 70.9 Å². The minimum absolute atomic E-state index is 0. The van der Waals surface area contributed by atoms with E-state index >= 15 is 0 Å². The van der Waals surface area contributed by atoms with Crippen LogP contribution in [0.2, 0.25) is 0 Å². The first-order chi connectivity index (χ1) is 65.3. The number of carboxylic acids is 2. The number of hydrogen-bond donors (Lipinski definition) is 12. The van der Waals surface area contributed by atoms with Crippen LogP contribution in [0.3, 0.4) is 0 Å². The normalized spacial score (nSPS) is 28.3. The monoisotopic (exact) mass is 1900 g/mol. The van der Waals surface area contributed by atoms with E-state index in [-0.39, 0.29) is 117 Å². The summed E-state index contributed by atoms with van der Waals surface area (Å²) in [4.78, 5) is 164. The molecule has 9 aliphatic carbocycles. The van der Waals surface area contributed by atoms with Crippen LogP contribution in [0.4, 0.5) is 14.4 Å². The van der Waals surface area contributed by atoms with E-state index < -0.39 is 106 Å². The summed E-state index contributed by atoms with van der Waals surface area (Å²) in [6.45, 7) is 9.21. The highest BCUT2D eigenvalue weighted by molar-refractivity contribution is 5.94. The number of aromatic hydroxyl groups is 1. The van der Waals surface area contributed by atoms with Gasteiger partial charge in [0.05, 0.1) is 57.2 Å². The number of piperidine rings is 3. The molecule has 21 rings (SSSR count). The molecule has 7 unspecified atom stereocenters. The first-order valence-corrected chi connectivity index (χ1v) is 48.3. The molecular formula is C99H129N15O23. The Bertz CT molecular complexity index is 5510. The molecule has 38 nitrogen and oxygen atoms in total. The molecule has 6 bridgehead atoms. The number of imidazole rings is 3. The number of phenols is 1.